The van der Waals surface area contributed by atoms with Crippen molar-refractivity contribution in [2.45, 2.75) is 53.5 Å². The van der Waals surface area contributed by atoms with E-state index in [-0.39, 0.29) is 18.2 Å². The average molecular weight is 423 g/mol. The highest BCUT2D eigenvalue weighted by molar-refractivity contribution is 5.85. The number of hydrogen-bond acceptors (Lipinski definition) is 5. The number of carbonyl (C=O) groups excluding carboxylic acids is 2. The molecule has 1 amide bonds. The first kappa shape index (κ1) is 22.5. The van der Waals surface area contributed by atoms with Gasteiger partial charge < -0.3 is 10.1 Å². The van der Waals surface area contributed by atoms with E-state index in [2.05, 4.69) is 17.4 Å². The molecule has 3 rings (SSSR count). The zero-order valence-electron chi connectivity index (χ0n) is 19.0. The van der Waals surface area contributed by atoms with Crippen molar-refractivity contribution >= 4 is 17.5 Å². The zero-order valence-corrected chi connectivity index (χ0v) is 19.0. The number of aryl methyl sites for hydroxylation is 3. The van der Waals surface area contributed by atoms with Crippen molar-refractivity contribution in [2.75, 3.05) is 7.11 Å². The Kier molecular flexibility index (Phi) is 6.73. The number of nitrogens with zero attached hydrogens (tertiary/aromatic N) is 3. The van der Waals surface area contributed by atoms with Crippen LogP contribution >= 0.6 is 0 Å². The van der Waals surface area contributed by atoms with Crippen LogP contribution in [0, 0.1) is 26.7 Å². The number of aromatic nitrogens is 3. The van der Waals surface area contributed by atoms with Crippen LogP contribution in [-0.2, 0) is 20.7 Å². The monoisotopic (exact) mass is 422 g/mol. The summed E-state index contributed by atoms with van der Waals surface area (Å²) >= 11 is 0. The normalized spacial score (nSPS) is 12.2. The lowest BCUT2D eigenvalue weighted by atomic mass is 10.0. The molecule has 3 aromatic rings. The van der Waals surface area contributed by atoms with Crippen LogP contribution < -0.4 is 5.32 Å². The Labute approximate surface area is 182 Å². The van der Waals surface area contributed by atoms with E-state index in [1.807, 2.05) is 57.3 Å². The Bertz CT molecular complexity index is 1100. The molecule has 0 aliphatic heterocycles. The van der Waals surface area contributed by atoms with Crippen LogP contribution in [0.25, 0.3) is 16.8 Å². The third-order valence-electron chi connectivity index (χ3n) is 5.60. The third-order valence-corrected chi connectivity index (χ3v) is 5.60. The molecule has 0 aliphatic rings. The number of carbonyl (C=O) groups is 2. The van der Waals surface area contributed by atoms with Gasteiger partial charge in [-0.1, -0.05) is 44.2 Å². The van der Waals surface area contributed by atoms with Crippen LogP contribution in [-0.4, -0.2) is 39.6 Å². The first-order valence-corrected chi connectivity index (χ1v) is 10.5. The molecule has 31 heavy (non-hydrogen) atoms. The largest absolute Gasteiger partial charge is 0.467 e. The summed E-state index contributed by atoms with van der Waals surface area (Å²) in [5, 5.41) is 7.51. The smallest absolute Gasteiger partial charge is 0.328 e. The van der Waals surface area contributed by atoms with E-state index in [1.54, 1.807) is 0 Å². The number of hydrogen-bond donors (Lipinski definition) is 1. The first-order valence-electron chi connectivity index (χ1n) is 10.5. The summed E-state index contributed by atoms with van der Waals surface area (Å²) in [6.45, 7) is 9.69. The molecule has 0 radical (unpaired) electrons. The van der Waals surface area contributed by atoms with E-state index in [9.17, 15) is 9.59 Å². The summed E-state index contributed by atoms with van der Waals surface area (Å²) in [5.41, 5.74) is 6.66. The Morgan fingerprint density at radius 3 is 2.39 bits per heavy atom. The first-order chi connectivity index (χ1) is 14.7. The van der Waals surface area contributed by atoms with Gasteiger partial charge in [-0.15, -0.1) is 0 Å². The fourth-order valence-corrected chi connectivity index (χ4v) is 3.88. The molecule has 0 unspecified atom stereocenters. The van der Waals surface area contributed by atoms with Gasteiger partial charge in [-0.2, -0.15) is 5.10 Å². The SMILES string of the molecule is COC(=O)[C@H](NC(=O)CCc1c(C)nc2c(-c3ccccc3)c(C)nn2c1C)C(C)C. The lowest BCUT2D eigenvalue weighted by molar-refractivity contribution is -0.146. The molecular formula is C24H30N4O3. The predicted octanol–water partition coefficient (Wildman–Crippen LogP) is 3.57. The summed E-state index contributed by atoms with van der Waals surface area (Å²) in [6, 6.07) is 9.46. The molecule has 0 fully saturated rings. The molecule has 7 heteroatoms. The van der Waals surface area contributed by atoms with Gasteiger partial charge in [-0.05, 0) is 44.2 Å². The second kappa shape index (κ2) is 9.29. The number of nitrogens with one attached hydrogen (secondary N) is 1. The van der Waals surface area contributed by atoms with Crippen molar-refractivity contribution < 1.29 is 14.3 Å². The molecule has 1 N–H and O–H groups in total. The van der Waals surface area contributed by atoms with Gasteiger partial charge in [0.25, 0.3) is 0 Å². The minimum Gasteiger partial charge on any atom is -0.467 e. The third kappa shape index (κ3) is 4.60. The van der Waals surface area contributed by atoms with Gasteiger partial charge in [0, 0.05) is 23.4 Å². The molecule has 0 aliphatic carbocycles. The minimum absolute atomic E-state index is 0.0543. The molecule has 1 aromatic carbocycles. The highest BCUT2D eigenvalue weighted by Gasteiger charge is 2.25. The highest BCUT2D eigenvalue weighted by atomic mass is 16.5. The number of benzene rings is 1. The standard InChI is InChI=1S/C24H30N4O3/c1-14(2)22(24(30)31-6)26-20(29)13-12-19-15(3)25-23-21(18-10-8-7-9-11-18)16(4)27-28(23)17(19)5/h7-11,14,22H,12-13H2,1-6H3,(H,26,29)/t22-/m1/s1. The summed E-state index contributed by atoms with van der Waals surface area (Å²) < 4.78 is 6.66. The van der Waals surface area contributed by atoms with Crippen molar-refractivity contribution in [2.24, 2.45) is 5.92 Å². The van der Waals surface area contributed by atoms with Gasteiger partial charge >= 0.3 is 5.97 Å². The molecule has 0 saturated heterocycles. The van der Waals surface area contributed by atoms with E-state index >= 15 is 0 Å². The van der Waals surface area contributed by atoms with Gasteiger partial charge in [0.2, 0.25) is 5.91 Å². The maximum absolute atomic E-state index is 12.5. The lowest BCUT2D eigenvalue weighted by Crippen LogP contribution is -2.45. The number of amides is 1. The molecule has 0 bridgehead atoms. The number of rotatable bonds is 7. The van der Waals surface area contributed by atoms with Crippen molar-refractivity contribution in [3.05, 3.63) is 53.0 Å². The Balaban J connectivity index is 1.85. The average Bonchev–Trinajstić information content (AvgIpc) is 3.07. The Morgan fingerprint density at radius 2 is 1.77 bits per heavy atom. The van der Waals surface area contributed by atoms with E-state index in [4.69, 9.17) is 14.8 Å². The molecule has 1 atom stereocenters. The summed E-state index contributed by atoms with van der Waals surface area (Å²) in [5.74, 6) is -0.676. The van der Waals surface area contributed by atoms with E-state index in [0.717, 1.165) is 39.4 Å². The van der Waals surface area contributed by atoms with E-state index < -0.39 is 12.0 Å². The zero-order chi connectivity index (χ0) is 22.7. The van der Waals surface area contributed by atoms with Crippen LogP contribution in [0.5, 0.6) is 0 Å². The Morgan fingerprint density at radius 1 is 1.10 bits per heavy atom. The quantitative estimate of drug-likeness (QED) is 0.589. The summed E-state index contributed by atoms with van der Waals surface area (Å²) in [4.78, 5) is 29.3. The van der Waals surface area contributed by atoms with Crippen molar-refractivity contribution in [3.8, 4) is 11.1 Å². The molecule has 164 valence electrons. The molecular weight excluding hydrogens is 392 g/mol. The molecule has 0 spiro atoms. The molecule has 2 aromatic heterocycles. The van der Waals surface area contributed by atoms with Crippen molar-refractivity contribution in [3.63, 3.8) is 0 Å². The second-order valence-electron chi connectivity index (χ2n) is 8.14. The molecule has 2 heterocycles. The molecule has 7 nitrogen and oxygen atoms in total. The molecule has 0 saturated carbocycles. The fourth-order valence-electron chi connectivity index (χ4n) is 3.88. The van der Waals surface area contributed by atoms with Gasteiger partial charge in [0.05, 0.1) is 12.8 Å². The number of esters is 1. The van der Waals surface area contributed by atoms with Crippen LogP contribution in [0.4, 0.5) is 0 Å². The Hall–Kier alpha value is -3.22. The van der Waals surface area contributed by atoms with Crippen LogP contribution in [0.15, 0.2) is 30.3 Å². The highest BCUT2D eigenvalue weighted by Crippen LogP contribution is 2.29. The van der Waals surface area contributed by atoms with Crippen molar-refractivity contribution in [1.29, 1.82) is 0 Å². The second-order valence-corrected chi connectivity index (χ2v) is 8.14. The van der Waals surface area contributed by atoms with Crippen LogP contribution in [0.2, 0.25) is 0 Å². The number of ether oxygens (including phenoxy) is 1. The van der Waals surface area contributed by atoms with Gasteiger partial charge in [-0.3, -0.25) is 4.79 Å². The van der Waals surface area contributed by atoms with Gasteiger partial charge in [0.1, 0.15) is 6.04 Å². The lowest BCUT2D eigenvalue weighted by Gasteiger charge is -2.20. The van der Waals surface area contributed by atoms with Crippen molar-refractivity contribution in [1.82, 2.24) is 19.9 Å². The number of methoxy groups -OCH3 is 1. The maximum Gasteiger partial charge on any atom is 0.328 e. The topological polar surface area (TPSA) is 85.6 Å². The van der Waals surface area contributed by atoms with E-state index in [1.165, 1.54) is 7.11 Å². The summed E-state index contributed by atoms with van der Waals surface area (Å²) in [6.07, 6.45) is 0.763. The fraction of sp³-hybridized carbons (Fsp3) is 0.417. The van der Waals surface area contributed by atoms with Crippen LogP contribution in [0.3, 0.4) is 0 Å². The maximum atomic E-state index is 12.5. The van der Waals surface area contributed by atoms with Gasteiger partial charge in [-0.25, -0.2) is 14.3 Å². The number of fused-ring (bicyclic) bond motifs is 1. The van der Waals surface area contributed by atoms with E-state index in [0.29, 0.717) is 6.42 Å². The van der Waals surface area contributed by atoms with Crippen LogP contribution in [0.1, 0.15) is 42.9 Å². The predicted molar refractivity (Wildman–Crippen MR) is 120 cm³/mol. The minimum atomic E-state index is -0.650. The van der Waals surface area contributed by atoms with Gasteiger partial charge in [0.15, 0.2) is 5.65 Å². The summed E-state index contributed by atoms with van der Waals surface area (Å²) in [7, 11) is 1.33.